The molecule has 4 rings (SSSR count). The Morgan fingerprint density at radius 3 is 3.09 bits per heavy atom. The van der Waals surface area contributed by atoms with Crippen molar-refractivity contribution in [2.24, 2.45) is 0 Å². The highest BCUT2D eigenvalue weighted by Gasteiger charge is 2.26. The van der Waals surface area contributed by atoms with Crippen LogP contribution in [0.25, 0.3) is 5.52 Å². The van der Waals surface area contributed by atoms with E-state index < -0.39 is 0 Å². The van der Waals surface area contributed by atoms with Gasteiger partial charge in [0.1, 0.15) is 0 Å². The van der Waals surface area contributed by atoms with Gasteiger partial charge in [-0.1, -0.05) is 29.5 Å². The standard InChI is InChI=1S/C16H15N5O2/c1-9-8-21-14(16(23)17-9)13(19-20-21)15(22)18-12-7-6-10-4-2-3-5-11(10)12/h2-5,8,12H,6-7H2,1H3,(H,17,23)(H,18,22). The Balaban J connectivity index is 1.68. The van der Waals surface area contributed by atoms with Crippen molar-refractivity contribution in [3.8, 4) is 0 Å². The van der Waals surface area contributed by atoms with E-state index in [2.05, 4.69) is 26.7 Å². The molecule has 1 unspecified atom stereocenters. The van der Waals surface area contributed by atoms with E-state index in [1.165, 1.54) is 10.1 Å². The van der Waals surface area contributed by atoms with Crippen molar-refractivity contribution in [3.63, 3.8) is 0 Å². The van der Waals surface area contributed by atoms with Gasteiger partial charge >= 0.3 is 0 Å². The van der Waals surface area contributed by atoms with Crippen molar-refractivity contribution in [3.05, 3.63) is 63.3 Å². The van der Waals surface area contributed by atoms with Gasteiger partial charge in [0.15, 0.2) is 11.2 Å². The predicted molar refractivity (Wildman–Crippen MR) is 83.3 cm³/mol. The van der Waals surface area contributed by atoms with E-state index in [-0.39, 0.29) is 28.7 Å². The lowest BCUT2D eigenvalue weighted by Gasteiger charge is -2.12. The zero-order valence-electron chi connectivity index (χ0n) is 12.5. The molecule has 0 fully saturated rings. The average Bonchev–Trinajstić information content (AvgIpc) is 3.12. The number of rotatable bonds is 2. The molecule has 7 nitrogen and oxygen atoms in total. The molecule has 0 spiro atoms. The Labute approximate surface area is 131 Å². The summed E-state index contributed by atoms with van der Waals surface area (Å²) in [4.78, 5) is 27.3. The Morgan fingerprint density at radius 1 is 1.39 bits per heavy atom. The van der Waals surface area contributed by atoms with Crippen LogP contribution in [0.2, 0.25) is 0 Å². The van der Waals surface area contributed by atoms with Crippen LogP contribution in [-0.4, -0.2) is 25.7 Å². The first-order valence-corrected chi connectivity index (χ1v) is 7.47. The maximum Gasteiger partial charge on any atom is 0.276 e. The maximum absolute atomic E-state index is 12.5. The second-order valence-corrected chi connectivity index (χ2v) is 5.76. The van der Waals surface area contributed by atoms with E-state index in [4.69, 9.17) is 0 Å². The van der Waals surface area contributed by atoms with E-state index in [0.717, 1.165) is 18.4 Å². The predicted octanol–water partition coefficient (Wildman–Crippen LogP) is 1.14. The van der Waals surface area contributed by atoms with Crippen LogP contribution < -0.4 is 10.9 Å². The van der Waals surface area contributed by atoms with Crippen molar-refractivity contribution in [2.75, 3.05) is 0 Å². The van der Waals surface area contributed by atoms with Crippen LogP contribution in [0, 0.1) is 6.92 Å². The first-order chi connectivity index (χ1) is 11.1. The Bertz CT molecular complexity index is 972. The van der Waals surface area contributed by atoms with Crippen LogP contribution in [0.5, 0.6) is 0 Å². The summed E-state index contributed by atoms with van der Waals surface area (Å²) in [6.07, 6.45) is 3.41. The van der Waals surface area contributed by atoms with E-state index in [9.17, 15) is 9.59 Å². The molecule has 1 aromatic carbocycles. The number of carbonyl (C=O) groups is 1. The molecule has 2 aromatic heterocycles. The van der Waals surface area contributed by atoms with Gasteiger partial charge in [0.25, 0.3) is 11.5 Å². The minimum atomic E-state index is -0.379. The summed E-state index contributed by atoms with van der Waals surface area (Å²) < 4.78 is 1.34. The molecule has 0 aliphatic heterocycles. The topological polar surface area (TPSA) is 92.2 Å². The van der Waals surface area contributed by atoms with E-state index >= 15 is 0 Å². The highest BCUT2D eigenvalue weighted by molar-refractivity contribution is 5.98. The summed E-state index contributed by atoms with van der Waals surface area (Å²) >= 11 is 0. The average molecular weight is 309 g/mol. The first-order valence-electron chi connectivity index (χ1n) is 7.47. The fourth-order valence-electron chi connectivity index (χ4n) is 3.14. The van der Waals surface area contributed by atoms with Crippen LogP contribution >= 0.6 is 0 Å². The van der Waals surface area contributed by atoms with Gasteiger partial charge in [-0.05, 0) is 30.9 Å². The fraction of sp³-hybridized carbons (Fsp3) is 0.250. The van der Waals surface area contributed by atoms with Crippen LogP contribution in [-0.2, 0) is 6.42 Å². The van der Waals surface area contributed by atoms with Crippen molar-refractivity contribution in [1.82, 2.24) is 25.1 Å². The molecule has 0 saturated carbocycles. The summed E-state index contributed by atoms with van der Waals surface area (Å²) in [5, 5.41) is 10.7. The normalized spacial score (nSPS) is 16.5. The highest BCUT2D eigenvalue weighted by atomic mass is 16.2. The van der Waals surface area contributed by atoms with Crippen LogP contribution in [0.1, 0.15) is 39.8 Å². The van der Waals surface area contributed by atoms with Gasteiger partial charge in [-0.3, -0.25) is 9.59 Å². The molecular formula is C16H15N5O2. The molecule has 2 N–H and O–H groups in total. The highest BCUT2D eigenvalue weighted by Crippen LogP contribution is 2.30. The fourth-order valence-corrected chi connectivity index (χ4v) is 3.14. The molecule has 0 bridgehead atoms. The smallest absolute Gasteiger partial charge is 0.276 e. The minimum absolute atomic E-state index is 0.0515. The number of nitrogens with one attached hydrogen (secondary N) is 2. The number of carbonyl (C=O) groups excluding carboxylic acids is 1. The minimum Gasteiger partial charge on any atom is -0.344 e. The lowest BCUT2D eigenvalue weighted by Crippen LogP contribution is -2.28. The molecule has 2 heterocycles. The summed E-state index contributed by atoms with van der Waals surface area (Å²) in [6.45, 7) is 1.75. The Hall–Kier alpha value is -2.96. The van der Waals surface area contributed by atoms with Gasteiger partial charge < -0.3 is 10.3 Å². The van der Waals surface area contributed by atoms with Crippen LogP contribution in [0.15, 0.2) is 35.3 Å². The molecule has 1 aliphatic carbocycles. The number of aromatic amines is 1. The zero-order valence-corrected chi connectivity index (χ0v) is 12.5. The molecule has 1 aliphatic rings. The number of hydrogen-bond donors (Lipinski definition) is 2. The molecule has 0 saturated heterocycles. The zero-order chi connectivity index (χ0) is 16.0. The molecule has 0 radical (unpaired) electrons. The van der Waals surface area contributed by atoms with Gasteiger partial charge in [0.2, 0.25) is 0 Å². The number of amides is 1. The summed E-state index contributed by atoms with van der Waals surface area (Å²) in [6, 6.07) is 8.00. The van der Waals surface area contributed by atoms with Gasteiger partial charge in [-0.25, -0.2) is 4.52 Å². The molecule has 23 heavy (non-hydrogen) atoms. The molecule has 116 valence electrons. The number of hydrogen-bond acceptors (Lipinski definition) is 4. The summed E-state index contributed by atoms with van der Waals surface area (Å²) in [5.41, 5.74) is 2.88. The molecule has 1 atom stereocenters. The summed E-state index contributed by atoms with van der Waals surface area (Å²) in [5.74, 6) is -0.379. The number of fused-ring (bicyclic) bond motifs is 2. The Morgan fingerprint density at radius 2 is 2.22 bits per heavy atom. The third-order valence-electron chi connectivity index (χ3n) is 4.19. The van der Waals surface area contributed by atoms with Crippen molar-refractivity contribution in [2.45, 2.75) is 25.8 Å². The second-order valence-electron chi connectivity index (χ2n) is 5.76. The first kappa shape index (κ1) is 13.7. The Kier molecular flexibility index (Phi) is 3.00. The number of nitrogens with zero attached hydrogens (tertiary/aromatic N) is 3. The molecule has 3 aromatic rings. The van der Waals surface area contributed by atoms with Crippen molar-refractivity contribution >= 4 is 11.4 Å². The lowest BCUT2D eigenvalue weighted by molar-refractivity contribution is 0.0933. The van der Waals surface area contributed by atoms with Gasteiger partial charge in [-0.15, -0.1) is 5.10 Å². The van der Waals surface area contributed by atoms with E-state index in [0.29, 0.717) is 5.69 Å². The number of benzene rings is 1. The van der Waals surface area contributed by atoms with Crippen LogP contribution in [0.3, 0.4) is 0 Å². The van der Waals surface area contributed by atoms with Crippen molar-refractivity contribution in [1.29, 1.82) is 0 Å². The molecule has 1 amide bonds. The molecular weight excluding hydrogens is 294 g/mol. The maximum atomic E-state index is 12.5. The van der Waals surface area contributed by atoms with Crippen LogP contribution in [0.4, 0.5) is 0 Å². The lowest BCUT2D eigenvalue weighted by atomic mass is 10.1. The van der Waals surface area contributed by atoms with E-state index in [1.807, 2.05) is 18.2 Å². The second kappa shape index (κ2) is 5.05. The van der Waals surface area contributed by atoms with Crippen molar-refractivity contribution < 1.29 is 4.79 Å². The molecule has 7 heteroatoms. The third kappa shape index (κ3) is 2.21. The van der Waals surface area contributed by atoms with E-state index in [1.54, 1.807) is 13.1 Å². The quantitative estimate of drug-likeness (QED) is 0.742. The largest absolute Gasteiger partial charge is 0.344 e. The third-order valence-corrected chi connectivity index (χ3v) is 4.19. The monoisotopic (exact) mass is 309 g/mol. The number of aryl methyl sites for hydroxylation is 2. The SMILES string of the molecule is Cc1cn2nnc(C(=O)NC3CCc4ccccc43)c2c(=O)[nH]1. The number of aromatic nitrogens is 4. The van der Waals surface area contributed by atoms with Gasteiger partial charge in [0.05, 0.1) is 12.2 Å². The summed E-state index contributed by atoms with van der Waals surface area (Å²) in [7, 11) is 0. The van der Waals surface area contributed by atoms with Gasteiger partial charge in [-0.2, -0.15) is 0 Å². The van der Waals surface area contributed by atoms with Gasteiger partial charge in [0, 0.05) is 5.69 Å². The number of H-pyrrole nitrogens is 1.